The number of nitrogens with zero attached hydrogens (tertiary/aromatic N) is 1. The lowest BCUT2D eigenvalue weighted by Crippen LogP contribution is -2.42. The first-order valence-corrected chi connectivity index (χ1v) is 8.66. The molecular weight excluding hydrogens is 328 g/mol. The van der Waals surface area contributed by atoms with Crippen LogP contribution in [0.4, 0.5) is 5.69 Å². The Kier molecular flexibility index (Phi) is 4.53. The summed E-state index contributed by atoms with van der Waals surface area (Å²) in [6.45, 7) is 5.18. The molecule has 1 fully saturated rings. The molecule has 0 radical (unpaired) electrons. The van der Waals surface area contributed by atoms with E-state index >= 15 is 0 Å². The predicted octanol–water partition coefficient (Wildman–Crippen LogP) is 3.15. The number of hydrogen-bond acceptors (Lipinski definition) is 2. The Bertz CT molecular complexity index is 560. The van der Waals surface area contributed by atoms with Gasteiger partial charge >= 0.3 is 10.2 Å². The molecule has 0 aromatic heterocycles. The summed E-state index contributed by atoms with van der Waals surface area (Å²) in [7, 11) is -3.45. The second-order valence-electron chi connectivity index (χ2n) is 5.12. The zero-order valence-corrected chi connectivity index (χ0v) is 13.6. The van der Waals surface area contributed by atoms with Gasteiger partial charge in [-0.05, 0) is 43.4 Å². The quantitative estimate of drug-likeness (QED) is 0.913. The van der Waals surface area contributed by atoms with Crippen LogP contribution in [-0.4, -0.2) is 25.8 Å². The van der Waals surface area contributed by atoms with Crippen molar-refractivity contribution in [1.29, 1.82) is 0 Å². The van der Waals surface area contributed by atoms with Crippen molar-refractivity contribution in [1.82, 2.24) is 4.31 Å². The highest BCUT2D eigenvalue weighted by molar-refractivity contribution is 9.10. The zero-order valence-electron chi connectivity index (χ0n) is 11.2. The normalized spacial score (nSPS) is 21.3. The zero-order chi connectivity index (χ0) is 14.0. The topological polar surface area (TPSA) is 49.4 Å². The van der Waals surface area contributed by atoms with Crippen molar-refractivity contribution in [2.24, 2.45) is 5.92 Å². The van der Waals surface area contributed by atoms with Crippen LogP contribution >= 0.6 is 15.9 Å². The Balaban J connectivity index is 2.19. The summed E-state index contributed by atoms with van der Waals surface area (Å²) in [4.78, 5) is 0. The summed E-state index contributed by atoms with van der Waals surface area (Å²) in [5.41, 5.74) is 1.53. The first kappa shape index (κ1) is 14.8. The molecular formula is C13H19BrN2O2S. The van der Waals surface area contributed by atoms with E-state index in [0.717, 1.165) is 22.9 Å². The van der Waals surface area contributed by atoms with Gasteiger partial charge in [0.2, 0.25) is 0 Å². The van der Waals surface area contributed by atoms with E-state index < -0.39 is 10.2 Å². The van der Waals surface area contributed by atoms with Crippen molar-refractivity contribution in [3.8, 4) is 0 Å². The van der Waals surface area contributed by atoms with Crippen LogP contribution in [0.5, 0.6) is 0 Å². The maximum absolute atomic E-state index is 12.4. The molecule has 1 aromatic rings. The summed E-state index contributed by atoms with van der Waals surface area (Å²) >= 11 is 3.41. The van der Waals surface area contributed by atoms with Crippen LogP contribution in [0.25, 0.3) is 0 Å². The average Bonchev–Trinajstić information content (AvgIpc) is 2.35. The summed E-state index contributed by atoms with van der Waals surface area (Å²) in [5.74, 6) is 0.425. The third-order valence-electron chi connectivity index (χ3n) is 3.47. The molecule has 19 heavy (non-hydrogen) atoms. The maximum atomic E-state index is 12.4. The summed E-state index contributed by atoms with van der Waals surface area (Å²) in [6.07, 6.45) is 2.03. The van der Waals surface area contributed by atoms with E-state index in [1.807, 2.05) is 19.1 Å². The molecule has 1 aliphatic rings. The highest BCUT2D eigenvalue weighted by Crippen LogP contribution is 2.26. The van der Waals surface area contributed by atoms with Crippen LogP contribution in [0.15, 0.2) is 22.7 Å². The number of rotatable bonds is 3. The highest BCUT2D eigenvalue weighted by atomic mass is 79.9. The minimum Gasteiger partial charge on any atom is -0.271 e. The van der Waals surface area contributed by atoms with Gasteiger partial charge < -0.3 is 0 Å². The molecule has 0 bridgehead atoms. The van der Waals surface area contributed by atoms with Gasteiger partial charge in [0.05, 0.1) is 5.69 Å². The van der Waals surface area contributed by atoms with Gasteiger partial charge in [0.1, 0.15) is 0 Å². The van der Waals surface area contributed by atoms with Crippen molar-refractivity contribution in [2.75, 3.05) is 17.8 Å². The molecule has 1 saturated heterocycles. The van der Waals surface area contributed by atoms with Crippen LogP contribution < -0.4 is 4.72 Å². The molecule has 1 aromatic carbocycles. The average molecular weight is 347 g/mol. The molecule has 1 unspecified atom stereocenters. The van der Waals surface area contributed by atoms with E-state index in [-0.39, 0.29) is 0 Å². The first-order chi connectivity index (χ1) is 8.90. The Labute approximate surface area is 123 Å². The third-order valence-corrected chi connectivity index (χ3v) is 5.81. The van der Waals surface area contributed by atoms with Crippen molar-refractivity contribution in [2.45, 2.75) is 26.7 Å². The monoisotopic (exact) mass is 346 g/mol. The molecule has 4 nitrogen and oxygen atoms in total. The fourth-order valence-corrected chi connectivity index (χ4v) is 4.10. The minimum absolute atomic E-state index is 0.425. The Hall–Kier alpha value is -0.590. The summed E-state index contributed by atoms with van der Waals surface area (Å²) in [6, 6.07) is 5.51. The smallest absolute Gasteiger partial charge is 0.271 e. The number of piperidine rings is 1. The van der Waals surface area contributed by atoms with Gasteiger partial charge in [-0.3, -0.25) is 4.72 Å². The lowest BCUT2D eigenvalue weighted by molar-refractivity contribution is 0.282. The number of halogens is 1. The number of hydrogen-bond donors (Lipinski definition) is 1. The Morgan fingerprint density at radius 2 is 2.16 bits per heavy atom. The molecule has 1 aliphatic heterocycles. The molecule has 6 heteroatoms. The van der Waals surface area contributed by atoms with E-state index in [1.54, 1.807) is 10.4 Å². The largest absolute Gasteiger partial charge is 0.301 e. The third kappa shape index (κ3) is 3.49. The van der Waals surface area contributed by atoms with Gasteiger partial charge in [0, 0.05) is 17.6 Å². The molecule has 1 N–H and O–H groups in total. The summed E-state index contributed by atoms with van der Waals surface area (Å²) in [5, 5.41) is 0. The van der Waals surface area contributed by atoms with Gasteiger partial charge in [-0.25, -0.2) is 0 Å². The van der Waals surface area contributed by atoms with E-state index in [2.05, 4.69) is 27.6 Å². The molecule has 0 amide bonds. The first-order valence-electron chi connectivity index (χ1n) is 6.43. The van der Waals surface area contributed by atoms with E-state index in [0.29, 0.717) is 24.7 Å². The lowest BCUT2D eigenvalue weighted by atomic mass is 10.0. The molecule has 1 atom stereocenters. The van der Waals surface area contributed by atoms with Crippen molar-refractivity contribution < 1.29 is 8.42 Å². The SMILES string of the molecule is Cc1c(Br)cccc1NS(=O)(=O)N1CCCC(C)C1. The number of anilines is 1. The molecule has 0 saturated carbocycles. The minimum atomic E-state index is -3.45. The molecule has 0 spiro atoms. The van der Waals surface area contributed by atoms with Crippen molar-refractivity contribution in [3.63, 3.8) is 0 Å². The van der Waals surface area contributed by atoms with Gasteiger partial charge in [-0.15, -0.1) is 0 Å². The second-order valence-corrected chi connectivity index (χ2v) is 7.65. The van der Waals surface area contributed by atoms with E-state index in [4.69, 9.17) is 0 Å². The highest BCUT2D eigenvalue weighted by Gasteiger charge is 2.27. The van der Waals surface area contributed by atoms with E-state index in [1.165, 1.54) is 0 Å². The fraction of sp³-hybridized carbons (Fsp3) is 0.538. The van der Waals surface area contributed by atoms with Crippen LogP contribution in [0.2, 0.25) is 0 Å². The fourth-order valence-electron chi connectivity index (χ4n) is 2.29. The van der Waals surface area contributed by atoms with Gasteiger partial charge in [0.25, 0.3) is 0 Å². The Morgan fingerprint density at radius 1 is 1.42 bits per heavy atom. The van der Waals surface area contributed by atoms with Gasteiger partial charge in [0.15, 0.2) is 0 Å². The van der Waals surface area contributed by atoms with Crippen LogP contribution in [0, 0.1) is 12.8 Å². The number of benzene rings is 1. The second kappa shape index (κ2) is 5.81. The molecule has 106 valence electrons. The van der Waals surface area contributed by atoms with Gasteiger partial charge in [-0.2, -0.15) is 12.7 Å². The van der Waals surface area contributed by atoms with Crippen LogP contribution in [0.1, 0.15) is 25.3 Å². The van der Waals surface area contributed by atoms with Crippen molar-refractivity contribution >= 4 is 31.8 Å². The number of nitrogens with one attached hydrogen (secondary N) is 1. The standard InChI is InChI=1S/C13H19BrN2O2S/c1-10-5-4-8-16(9-10)19(17,18)15-13-7-3-6-12(14)11(13)2/h3,6-7,10,15H,4-5,8-9H2,1-2H3. The predicted molar refractivity (Wildman–Crippen MR) is 81.4 cm³/mol. The lowest BCUT2D eigenvalue weighted by Gasteiger charge is -2.30. The molecule has 0 aliphatic carbocycles. The van der Waals surface area contributed by atoms with Crippen molar-refractivity contribution in [3.05, 3.63) is 28.2 Å². The van der Waals surface area contributed by atoms with Crippen LogP contribution in [-0.2, 0) is 10.2 Å². The summed E-state index contributed by atoms with van der Waals surface area (Å²) < 4.78 is 29.9. The van der Waals surface area contributed by atoms with E-state index in [9.17, 15) is 8.42 Å². The maximum Gasteiger partial charge on any atom is 0.301 e. The van der Waals surface area contributed by atoms with Crippen LogP contribution in [0.3, 0.4) is 0 Å². The Morgan fingerprint density at radius 3 is 2.84 bits per heavy atom. The molecule has 2 rings (SSSR count). The van der Waals surface area contributed by atoms with Gasteiger partial charge in [-0.1, -0.05) is 28.9 Å². The molecule has 1 heterocycles.